The first-order chi connectivity index (χ1) is 8.06. The van der Waals surface area contributed by atoms with E-state index in [9.17, 15) is 9.59 Å². The third-order valence-corrected chi connectivity index (χ3v) is 2.16. The molecule has 98 valence electrons. The Morgan fingerprint density at radius 2 is 2.06 bits per heavy atom. The molecule has 0 aromatic heterocycles. The number of hydrogen-bond donors (Lipinski definition) is 1. The predicted molar refractivity (Wildman–Crippen MR) is 63.9 cm³/mol. The Morgan fingerprint density at radius 3 is 2.47 bits per heavy atom. The molecule has 0 aromatic carbocycles. The van der Waals surface area contributed by atoms with E-state index in [0.29, 0.717) is 26.2 Å². The fourth-order valence-electron chi connectivity index (χ4n) is 1.30. The molecular weight excluding hydrogens is 224 g/mol. The second-order valence-corrected chi connectivity index (χ2v) is 3.42. The van der Waals surface area contributed by atoms with Crippen LogP contribution >= 0.6 is 0 Å². The Kier molecular flexibility index (Phi) is 7.79. The molecule has 0 fully saturated rings. The van der Waals surface area contributed by atoms with Crippen LogP contribution in [0, 0.1) is 0 Å². The van der Waals surface area contributed by atoms with Gasteiger partial charge in [0, 0.05) is 26.7 Å². The normalized spacial score (nSPS) is 9.76. The minimum absolute atomic E-state index is 0.296. The van der Waals surface area contributed by atoms with Gasteiger partial charge in [0.05, 0.1) is 6.61 Å². The van der Waals surface area contributed by atoms with Gasteiger partial charge in [0.2, 0.25) is 0 Å². The summed E-state index contributed by atoms with van der Waals surface area (Å²) >= 11 is 0. The van der Waals surface area contributed by atoms with Crippen LogP contribution in [-0.2, 0) is 9.53 Å². The highest BCUT2D eigenvalue weighted by Gasteiger charge is 2.20. The van der Waals surface area contributed by atoms with Crippen molar-refractivity contribution in [2.75, 3.05) is 39.9 Å². The van der Waals surface area contributed by atoms with Crippen LogP contribution in [0.3, 0.4) is 0 Å². The first-order valence-electron chi connectivity index (χ1n) is 5.42. The molecule has 0 atom stereocenters. The molecule has 0 aliphatic rings. The zero-order valence-corrected chi connectivity index (χ0v) is 10.4. The molecular formula is C11H20N2O4. The van der Waals surface area contributed by atoms with Gasteiger partial charge < -0.3 is 19.6 Å². The zero-order valence-electron chi connectivity index (χ0n) is 10.4. The molecule has 17 heavy (non-hydrogen) atoms. The molecule has 6 nitrogen and oxygen atoms in total. The highest BCUT2D eigenvalue weighted by Crippen LogP contribution is 2.00. The van der Waals surface area contributed by atoms with Crippen LogP contribution in [-0.4, -0.2) is 66.8 Å². The number of carboxylic acid groups (broad SMARTS) is 1. The van der Waals surface area contributed by atoms with Gasteiger partial charge in [0.1, 0.15) is 6.54 Å². The summed E-state index contributed by atoms with van der Waals surface area (Å²) in [6.45, 7) is 6.56. The second kappa shape index (κ2) is 8.58. The van der Waals surface area contributed by atoms with E-state index in [1.54, 1.807) is 20.1 Å². The van der Waals surface area contributed by atoms with Crippen LogP contribution < -0.4 is 0 Å². The quantitative estimate of drug-likeness (QED) is 0.636. The van der Waals surface area contributed by atoms with E-state index in [1.165, 1.54) is 9.80 Å². The molecule has 0 saturated heterocycles. The number of aliphatic carboxylic acids is 1. The average molecular weight is 244 g/mol. The number of ether oxygens (including phenoxy) is 1. The lowest BCUT2D eigenvalue weighted by Gasteiger charge is -2.28. The van der Waals surface area contributed by atoms with Crippen molar-refractivity contribution in [3.05, 3.63) is 12.7 Å². The lowest BCUT2D eigenvalue weighted by molar-refractivity contribution is -0.137. The zero-order chi connectivity index (χ0) is 13.3. The molecule has 0 unspecified atom stereocenters. The Bertz CT molecular complexity index is 268. The number of amides is 2. The van der Waals surface area contributed by atoms with Crippen LogP contribution in [0.15, 0.2) is 12.7 Å². The fraction of sp³-hybridized carbons (Fsp3) is 0.636. The fourth-order valence-corrected chi connectivity index (χ4v) is 1.30. The Balaban J connectivity index is 4.53. The van der Waals surface area contributed by atoms with Gasteiger partial charge in [0.15, 0.2) is 0 Å². The monoisotopic (exact) mass is 244 g/mol. The molecule has 0 saturated carbocycles. The number of carbonyl (C=O) groups is 2. The number of rotatable bonds is 8. The third-order valence-electron chi connectivity index (χ3n) is 2.16. The van der Waals surface area contributed by atoms with Gasteiger partial charge in [-0.2, -0.15) is 0 Å². The van der Waals surface area contributed by atoms with E-state index < -0.39 is 5.97 Å². The molecule has 0 heterocycles. The first-order valence-corrected chi connectivity index (χ1v) is 5.42. The van der Waals surface area contributed by atoms with E-state index in [0.717, 1.165) is 0 Å². The number of methoxy groups -OCH3 is 1. The van der Waals surface area contributed by atoms with Gasteiger partial charge in [-0.3, -0.25) is 4.79 Å². The molecule has 0 aliphatic carbocycles. The van der Waals surface area contributed by atoms with E-state index in [-0.39, 0.29) is 12.6 Å². The lowest BCUT2D eigenvalue weighted by Crippen LogP contribution is -2.46. The summed E-state index contributed by atoms with van der Waals surface area (Å²) in [6, 6.07) is -0.313. The Morgan fingerprint density at radius 1 is 1.41 bits per heavy atom. The molecule has 1 N–H and O–H groups in total. The molecule has 0 bridgehead atoms. The van der Waals surface area contributed by atoms with Crippen LogP contribution in [0.2, 0.25) is 0 Å². The van der Waals surface area contributed by atoms with Crippen molar-refractivity contribution in [1.82, 2.24) is 9.80 Å². The van der Waals surface area contributed by atoms with Gasteiger partial charge in [-0.25, -0.2) is 4.79 Å². The molecule has 0 radical (unpaired) electrons. The summed E-state index contributed by atoms with van der Waals surface area (Å²) in [4.78, 5) is 25.4. The number of likely N-dealkylation sites (N-methyl/N-ethyl adjacent to an activating group) is 1. The van der Waals surface area contributed by atoms with Crippen molar-refractivity contribution < 1.29 is 19.4 Å². The van der Waals surface area contributed by atoms with Gasteiger partial charge in [-0.05, 0) is 6.92 Å². The van der Waals surface area contributed by atoms with E-state index >= 15 is 0 Å². The number of hydrogen-bond acceptors (Lipinski definition) is 3. The summed E-state index contributed by atoms with van der Waals surface area (Å²) in [5.74, 6) is -1.02. The van der Waals surface area contributed by atoms with Crippen LogP contribution in [0.25, 0.3) is 0 Å². The highest BCUT2D eigenvalue weighted by molar-refractivity contribution is 5.80. The minimum atomic E-state index is -1.02. The topological polar surface area (TPSA) is 70.1 Å². The number of carboxylic acids is 1. The largest absolute Gasteiger partial charge is 0.480 e. The van der Waals surface area contributed by atoms with Crippen molar-refractivity contribution in [1.29, 1.82) is 0 Å². The van der Waals surface area contributed by atoms with E-state index in [1.807, 2.05) is 0 Å². The summed E-state index contributed by atoms with van der Waals surface area (Å²) < 4.78 is 4.90. The van der Waals surface area contributed by atoms with Crippen molar-refractivity contribution in [2.45, 2.75) is 6.92 Å². The molecule has 2 amide bonds. The molecule has 0 rings (SSSR count). The third kappa shape index (κ3) is 5.91. The van der Waals surface area contributed by atoms with Crippen LogP contribution in [0.4, 0.5) is 4.79 Å². The standard InChI is InChI=1S/C11H20N2O4/c1-4-6-13(7-8-17-3)11(16)12(5-2)9-10(14)15/h4H,1,5-9H2,2-3H3,(H,14,15). The molecule has 0 aliphatic heterocycles. The van der Waals surface area contributed by atoms with E-state index in [2.05, 4.69) is 6.58 Å². The highest BCUT2D eigenvalue weighted by atomic mass is 16.5. The van der Waals surface area contributed by atoms with Crippen molar-refractivity contribution in [3.63, 3.8) is 0 Å². The summed E-state index contributed by atoms with van der Waals surface area (Å²) in [7, 11) is 1.55. The predicted octanol–water partition coefficient (Wildman–Crippen LogP) is 0.647. The lowest BCUT2D eigenvalue weighted by atomic mass is 10.4. The van der Waals surface area contributed by atoms with Gasteiger partial charge in [-0.15, -0.1) is 6.58 Å². The second-order valence-electron chi connectivity index (χ2n) is 3.42. The smallest absolute Gasteiger partial charge is 0.323 e. The SMILES string of the molecule is C=CCN(CCOC)C(=O)N(CC)CC(=O)O. The van der Waals surface area contributed by atoms with Gasteiger partial charge >= 0.3 is 12.0 Å². The maximum absolute atomic E-state index is 12.0. The van der Waals surface area contributed by atoms with Crippen LogP contribution in [0.1, 0.15) is 6.92 Å². The number of carbonyl (C=O) groups excluding carboxylic acids is 1. The number of nitrogens with zero attached hydrogens (tertiary/aromatic N) is 2. The Labute approximate surface area is 101 Å². The molecule has 0 aromatic rings. The summed E-state index contributed by atoms with van der Waals surface area (Å²) in [5, 5.41) is 8.69. The van der Waals surface area contributed by atoms with Crippen molar-refractivity contribution in [3.8, 4) is 0 Å². The van der Waals surface area contributed by atoms with Crippen LogP contribution in [0.5, 0.6) is 0 Å². The van der Waals surface area contributed by atoms with Crippen molar-refractivity contribution >= 4 is 12.0 Å². The molecule has 6 heteroatoms. The van der Waals surface area contributed by atoms with E-state index in [4.69, 9.17) is 9.84 Å². The maximum atomic E-state index is 12.0. The summed E-state index contributed by atoms with van der Waals surface area (Å²) in [5.41, 5.74) is 0. The minimum Gasteiger partial charge on any atom is -0.480 e. The summed E-state index contributed by atoms with van der Waals surface area (Å²) in [6.07, 6.45) is 1.60. The average Bonchev–Trinajstić information content (AvgIpc) is 2.30. The van der Waals surface area contributed by atoms with Gasteiger partial charge in [0.25, 0.3) is 0 Å². The van der Waals surface area contributed by atoms with Gasteiger partial charge in [-0.1, -0.05) is 6.08 Å². The number of urea groups is 1. The first kappa shape index (κ1) is 15.4. The maximum Gasteiger partial charge on any atom is 0.323 e. The Hall–Kier alpha value is -1.56. The van der Waals surface area contributed by atoms with Crippen molar-refractivity contribution in [2.24, 2.45) is 0 Å². The molecule has 0 spiro atoms.